The zero-order valence-electron chi connectivity index (χ0n) is 38.7. The van der Waals surface area contributed by atoms with E-state index < -0.39 is 0 Å². The van der Waals surface area contributed by atoms with Gasteiger partial charge in [-0.3, -0.25) is 0 Å². The maximum Gasteiger partial charge on any atom is 0.0546 e. The van der Waals surface area contributed by atoms with Gasteiger partial charge in [0, 0.05) is 49.6 Å². The van der Waals surface area contributed by atoms with Crippen molar-refractivity contribution in [1.29, 1.82) is 0 Å². The van der Waals surface area contributed by atoms with Crippen LogP contribution in [0.1, 0.15) is 49.9 Å². The van der Waals surface area contributed by atoms with E-state index in [0.29, 0.717) is 0 Å². The van der Waals surface area contributed by atoms with Gasteiger partial charge in [0.25, 0.3) is 0 Å². The maximum atomic E-state index is 2.58. The van der Waals surface area contributed by atoms with Gasteiger partial charge in [-0.25, -0.2) is 0 Å². The molecule has 68 heavy (non-hydrogen) atoms. The molecule has 0 unspecified atom stereocenters. The standard InChI is InChI=1S/C66H48N2/c1-65(2)56-27-15-12-23-48(56)50-33-31-43(39-58(50)65)67(44-32-34-51-49-24-13-16-28-57(49)66(3,4)59(51)40-44)62-37-35-54-47-22-9-8-20-45(47)46-21-10-11-26-53(46)64(54)63(62)41-30-36-61-55(38-41)52-25-14-17-29-60(52)68(61)42-18-6-5-7-19-42/h5-40H,1-4H3. The van der Waals surface area contributed by atoms with Crippen LogP contribution in [0.3, 0.4) is 0 Å². The highest BCUT2D eigenvalue weighted by Gasteiger charge is 2.38. The summed E-state index contributed by atoms with van der Waals surface area (Å²) in [6.07, 6.45) is 0. The number of nitrogens with zero attached hydrogens (tertiary/aromatic N) is 2. The van der Waals surface area contributed by atoms with Crippen LogP contribution in [0.25, 0.3) is 93.2 Å². The zero-order chi connectivity index (χ0) is 45.5. The summed E-state index contributed by atoms with van der Waals surface area (Å²) in [6, 6.07) is 82.1. The van der Waals surface area contributed by atoms with Gasteiger partial charge in [0.1, 0.15) is 0 Å². The highest BCUT2D eigenvalue weighted by atomic mass is 15.1. The summed E-state index contributed by atoms with van der Waals surface area (Å²) in [6.45, 7) is 9.56. The Morgan fingerprint density at radius 3 is 1.43 bits per heavy atom. The summed E-state index contributed by atoms with van der Waals surface area (Å²) in [5.74, 6) is 0. The largest absolute Gasteiger partial charge is 0.310 e. The van der Waals surface area contributed by atoms with Crippen molar-refractivity contribution in [1.82, 2.24) is 4.57 Å². The second kappa shape index (κ2) is 14.2. The van der Waals surface area contributed by atoms with Crippen molar-refractivity contribution < 1.29 is 0 Å². The first-order chi connectivity index (χ1) is 33.3. The molecule has 1 aromatic heterocycles. The van der Waals surface area contributed by atoms with E-state index in [1.54, 1.807) is 0 Å². The molecule has 2 heteroatoms. The van der Waals surface area contributed by atoms with E-state index in [2.05, 4.69) is 256 Å². The Bertz CT molecular complexity index is 3950. The lowest BCUT2D eigenvalue weighted by Crippen LogP contribution is -2.18. The Balaban J connectivity index is 1.11. The fraction of sp³-hybridized carbons (Fsp3) is 0.0909. The van der Waals surface area contributed by atoms with Crippen LogP contribution in [-0.4, -0.2) is 4.57 Å². The third-order valence-corrected chi connectivity index (χ3v) is 15.8. The summed E-state index contributed by atoms with van der Waals surface area (Å²) in [4.78, 5) is 2.58. The number of benzene rings is 11. The van der Waals surface area contributed by atoms with Crippen molar-refractivity contribution in [2.75, 3.05) is 4.90 Å². The maximum absolute atomic E-state index is 2.58. The van der Waals surface area contributed by atoms with Gasteiger partial charge in [-0.2, -0.15) is 0 Å². The van der Waals surface area contributed by atoms with Crippen LogP contribution in [0.15, 0.2) is 218 Å². The molecule has 1 heterocycles. The normalized spacial score (nSPS) is 14.1. The first-order valence-electron chi connectivity index (χ1n) is 24.0. The smallest absolute Gasteiger partial charge is 0.0546 e. The van der Waals surface area contributed by atoms with E-state index in [0.717, 1.165) is 22.7 Å². The molecule has 0 spiro atoms. The molecule has 0 fully saturated rings. The minimum absolute atomic E-state index is 0.172. The monoisotopic (exact) mass is 868 g/mol. The third kappa shape index (κ3) is 5.34. The molecule has 0 saturated heterocycles. The molecule has 11 aromatic carbocycles. The van der Waals surface area contributed by atoms with Gasteiger partial charge in [-0.05, 0) is 138 Å². The van der Waals surface area contributed by atoms with Crippen molar-refractivity contribution >= 4 is 71.2 Å². The summed E-state index contributed by atoms with van der Waals surface area (Å²) < 4.78 is 2.42. The summed E-state index contributed by atoms with van der Waals surface area (Å²) >= 11 is 0. The molecule has 0 atom stereocenters. The van der Waals surface area contributed by atoms with Crippen LogP contribution in [0.2, 0.25) is 0 Å². The number of fused-ring (bicyclic) bond motifs is 15. The Kier molecular flexibility index (Phi) is 8.12. The van der Waals surface area contributed by atoms with E-state index in [4.69, 9.17) is 0 Å². The van der Waals surface area contributed by atoms with Gasteiger partial charge in [0.05, 0.1) is 16.7 Å². The van der Waals surface area contributed by atoms with Crippen molar-refractivity contribution in [2.24, 2.45) is 0 Å². The van der Waals surface area contributed by atoms with Crippen LogP contribution >= 0.6 is 0 Å². The topological polar surface area (TPSA) is 8.17 Å². The molecular weight excluding hydrogens is 821 g/mol. The SMILES string of the molecule is CC1(C)c2ccccc2-c2ccc(N(c3ccc4c(c3)C(C)(C)c3ccccc3-4)c3ccc4c5ccccc5c5ccccc5c4c3-c3ccc4c(c3)c3ccccc3n4-c3ccccc3)cc21. The second-order valence-corrected chi connectivity index (χ2v) is 20.0. The number of aromatic nitrogens is 1. The lowest BCUT2D eigenvalue weighted by Gasteiger charge is -2.32. The van der Waals surface area contributed by atoms with Crippen molar-refractivity contribution in [3.8, 4) is 39.1 Å². The summed E-state index contributed by atoms with van der Waals surface area (Å²) in [7, 11) is 0. The molecule has 2 aliphatic carbocycles. The second-order valence-electron chi connectivity index (χ2n) is 20.0. The van der Waals surface area contributed by atoms with Crippen LogP contribution in [0.5, 0.6) is 0 Å². The molecule has 2 aliphatic rings. The Morgan fingerprint density at radius 2 is 0.809 bits per heavy atom. The van der Waals surface area contributed by atoms with E-state index in [-0.39, 0.29) is 10.8 Å². The van der Waals surface area contributed by atoms with Gasteiger partial charge in [0.15, 0.2) is 0 Å². The van der Waals surface area contributed by atoms with Gasteiger partial charge < -0.3 is 9.47 Å². The van der Waals surface area contributed by atoms with Gasteiger partial charge >= 0.3 is 0 Å². The molecule has 0 saturated carbocycles. The van der Waals surface area contributed by atoms with Crippen molar-refractivity contribution in [3.05, 3.63) is 241 Å². The minimum atomic E-state index is -0.172. The van der Waals surface area contributed by atoms with Crippen LogP contribution < -0.4 is 4.90 Å². The van der Waals surface area contributed by atoms with Gasteiger partial charge in [0.2, 0.25) is 0 Å². The van der Waals surface area contributed by atoms with E-state index >= 15 is 0 Å². The average Bonchev–Trinajstić information content (AvgIpc) is 3.93. The molecule has 2 nitrogen and oxygen atoms in total. The molecule has 12 aromatic rings. The minimum Gasteiger partial charge on any atom is -0.310 e. The fourth-order valence-corrected chi connectivity index (χ4v) is 12.5. The number of para-hydroxylation sites is 2. The van der Waals surface area contributed by atoms with Gasteiger partial charge in [-0.1, -0.05) is 185 Å². The molecule has 0 aliphatic heterocycles. The molecule has 0 amide bonds. The molecule has 14 rings (SSSR count). The summed E-state index contributed by atoms with van der Waals surface area (Å²) in [5, 5.41) is 10.0. The number of rotatable bonds is 5. The highest BCUT2D eigenvalue weighted by Crippen LogP contribution is 2.55. The predicted molar refractivity (Wildman–Crippen MR) is 289 cm³/mol. The fourth-order valence-electron chi connectivity index (χ4n) is 12.5. The summed E-state index contributed by atoms with van der Waals surface area (Å²) in [5.41, 5.74) is 19.8. The van der Waals surface area contributed by atoms with Crippen LogP contribution in [-0.2, 0) is 10.8 Å². The molecule has 0 radical (unpaired) electrons. The Morgan fingerprint density at radius 1 is 0.338 bits per heavy atom. The van der Waals surface area contributed by atoms with E-state index in [9.17, 15) is 0 Å². The predicted octanol–water partition coefficient (Wildman–Crippen LogP) is 18.0. The quantitative estimate of drug-likeness (QED) is 0.156. The lowest BCUT2D eigenvalue weighted by molar-refractivity contribution is 0.660. The molecule has 322 valence electrons. The van der Waals surface area contributed by atoms with E-state index in [1.165, 1.54) is 110 Å². The Labute approximate surface area is 397 Å². The lowest BCUT2D eigenvalue weighted by atomic mass is 9.82. The van der Waals surface area contributed by atoms with Crippen LogP contribution in [0.4, 0.5) is 17.1 Å². The zero-order valence-corrected chi connectivity index (χ0v) is 38.7. The van der Waals surface area contributed by atoms with Gasteiger partial charge in [-0.15, -0.1) is 0 Å². The molecular formula is C66H48N2. The van der Waals surface area contributed by atoms with Crippen molar-refractivity contribution in [3.63, 3.8) is 0 Å². The number of hydrogen-bond donors (Lipinski definition) is 0. The van der Waals surface area contributed by atoms with Crippen LogP contribution in [0, 0.1) is 0 Å². The first-order valence-corrected chi connectivity index (χ1v) is 24.0. The molecule has 0 N–H and O–H groups in total. The first kappa shape index (κ1) is 39.0. The van der Waals surface area contributed by atoms with E-state index in [1.807, 2.05) is 0 Å². The van der Waals surface area contributed by atoms with Crippen molar-refractivity contribution in [2.45, 2.75) is 38.5 Å². The number of anilines is 3. The highest BCUT2D eigenvalue weighted by molar-refractivity contribution is 6.30. The Hall–Kier alpha value is -8.20. The third-order valence-electron chi connectivity index (χ3n) is 15.8. The number of hydrogen-bond acceptors (Lipinski definition) is 1. The average molecular weight is 869 g/mol. The molecule has 0 bridgehead atoms.